The first-order valence-electron chi connectivity index (χ1n) is 7.02. The molecule has 22 heavy (non-hydrogen) atoms. The molecule has 7 heteroatoms. The summed E-state index contributed by atoms with van der Waals surface area (Å²) in [6.07, 6.45) is 3.82. The fourth-order valence-electron chi connectivity index (χ4n) is 3.08. The van der Waals surface area contributed by atoms with E-state index in [9.17, 15) is 19.8 Å². The maximum Gasteiger partial charge on any atom is 0.353 e. The Labute approximate surface area is 131 Å². The minimum Gasteiger partial charge on any atom is -0.477 e. The van der Waals surface area contributed by atoms with Gasteiger partial charge in [-0.1, -0.05) is 18.7 Å². The molecule has 1 aromatic heterocycles. The Morgan fingerprint density at radius 1 is 1.50 bits per heavy atom. The molecule has 3 atom stereocenters. The summed E-state index contributed by atoms with van der Waals surface area (Å²) in [5.74, 6) is -1.74. The van der Waals surface area contributed by atoms with E-state index >= 15 is 0 Å². The first kappa shape index (κ1) is 15.1. The van der Waals surface area contributed by atoms with Crippen LogP contribution < -0.4 is 0 Å². The number of thioether (sulfide) groups is 1. The molecule has 2 N–H and O–H groups in total. The van der Waals surface area contributed by atoms with Crippen molar-refractivity contribution >= 4 is 23.6 Å². The summed E-state index contributed by atoms with van der Waals surface area (Å²) >= 11 is 1.36. The molecular formula is C15H16N2O4S. The molecule has 0 radical (unpaired) electrons. The van der Waals surface area contributed by atoms with Crippen LogP contribution >= 0.6 is 11.8 Å². The first-order valence-corrected chi connectivity index (χ1v) is 7.84. The number of carbonyl (C=O) groups is 2. The number of carbonyl (C=O) groups excluding carboxylic acids is 1. The normalized spacial score (nSPS) is 25.0. The summed E-state index contributed by atoms with van der Waals surface area (Å²) in [6, 6.07) is 3.47. The zero-order valence-electron chi connectivity index (χ0n) is 12.0. The molecule has 2 aliphatic rings. The Morgan fingerprint density at radius 2 is 2.18 bits per heavy atom. The van der Waals surface area contributed by atoms with Gasteiger partial charge in [-0.15, -0.1) is 0 Å². The minimum atomic E-state index is -1.08. The maximum atomic E-state index is 12.3. The van der Waals surface area contributed by atoms with E-state index in [-0.39, 0.29) is 36.1 Å². The summed E-state index contributed by atoms with van der Waals surface area (Å²) in [5.41, 5.74) is 0.0817. The standard InChI is InChI=1S/C15H16N2O4S/c1-8(7-18)12-10-6-11(22-9-2-4-16-5-3-9)13(15(20)21)17(10)14(12)19/h2-5,8,10,12,18H,6-7H2,1H3,(H,20,21)/t8?,10-,12+/m1/s1. The van der Waals surface area contributed by atoms with Gasteiger partial charge in [-0.3, -0.25) is 9.78 Å². The average molecular weight is 320 g/mol. The van der Waals surface area contributed by atoms with Crippen molar-refractivity contribution in [1.82, 2.24) is 9.88 Å². The number of aliphatic hydroxyl groups excluding tert-OH is 1. The van der Waals surface area contributed by atoms with Crippen molar-refractivity contribution < 1.29 is 19.8 Å². The second-order valence-corrected chi connectivity index (χ2v) is 6.70. The lowest BCUT2D eigenvalue weighted by atomic mass is 9.78. The Morgan fingerprint density at radius 3 is 2.77 bits per heavy atom. The van der Waals surface area contributed by atoms with E-state index < -0.39 is 5.97 Å². The third-order valence-corrected chi connectivity index (χ3v) is 5.28. The molecule has 0 saturated carbocycles. The number of β-lactam (4-membered cyclic amide) rings is 1. The molecular weight excluding hydrogens is 304 g/mol. The van der Waals surface area contributed by atoms with Crippen LogP contribution in [0.2, 0.25) is 0 Å². The van der Waals surface area contributed by atoms with Gasteiger partial charge in [0.1, 0.15) is 5.70 Å². The van der Waals surface area contributed by atoms with Gasteiger partial charge in [-0.05, 0) is 18.1 Å². The van der Waals surface area contributed by atoms with Gasteiger partial charge < -0.3 is 15.1 Å². The van der Waals surface area contributed by atoms with E-state index in [1.54, 1.807) is 12.4 Å². The van der Waals surface area contributed by atoms with Crippen LogP contribution in [-0.2, 0) is 9.59 Å². The fourth-order valence-corrected chi connectivity index (χ4v) is 4.16. The molecule has 1 saturated heterocycles. The Hall–Kier alpha value is -1.86. The van der Waals surface area contributed by atoms with Gasteiger partial charge in [-0.25, -0.2) is 4.79 Å². The van der Waals surface area contributed by atoms with Crippen LogP contribution in [0.15, 0.2) is 40.0 Å². The molecule has 1 amide bonds. The zero-order valence-corrected chi connectivity index (χ0v) is 12.8. The van der Waals surface area contributed by atoms with Crippen molar-refractivity contribution in [1.29, 1.82) is 0 Å². The first-order chi connectivity index (χ1) is 10.5. The molecule has 116 valence electrons. The van der Waals surface area contributed by atoms with Crippen molar-refractivity contribution in [3.8, 4) is 0 Å². The number of rotatable bonds is 5. The number of hydrogen-bond acceptors (Lipinski definition) is 5. The number of hydrogen-bond donors (Lipinski definition) is 2. The molecule has 0 bridgehead atoms. The van der Waals surface area contributed by atoms with Gasteiger partial charge in [0.05, 0.1) is 12.0 Å². The molecule has 0 spiro atoms. The van der Waals surface area contributed by atoms with Crippen LogP contribution in [0.3, 0.4) is 0 Å². The van der Waals surface area contributed by atoms with Gasteiger partial charge in [0.25, 0.3) is 0 Å². The summed E-state index contributed by atoms with van der Waals surface area (Å²) in [7, 11) is 0. The van der Waals surface area contributed by atoms with E-state index in [4.69, 9.17) is 0 Å². The van der Waals surface area contributed by atoms with Gasteiger partial charge in [0.15, 0.2) is 0 Å². The Balaban J connectivity index is 1.87. The van der Waals surface area contributed by atoms with Crippen LogP contribution in [0.25, 0.3) is 0 Å². The molecule has 3 heterocycles. The Kier molecular flexibility index (Phi) is 3.92. The summed E-state index contributed by atoms with van der Waals surface area (Å²) < 4.78 is 0. The number of carboxylic acid groups (broad SMARTS) is 1. The van der Waals surface area contributed by atoms with Crippen LogP contribution in [0.4, 0.5) is 0 Å². The van der Waals surface area contributed by atoms with Crippen molar-refractivity contribution in [2.24, 2.45) is 11.8 Å². The number of fused-ring (bicyclic) bond motifs is 1. The number of aliphatic carboxylic acids is 1. The zero-order chi connectivity index (χ0) is 15.9. The van der Waals surface area contributed by atoms with E-state index in [0.717, 1.165) is 4.90 Å². The second kappa shape index (κ2) is 5.73. The smallest absolute Gasteiger partial charge is 0.353 e. The molecule has 0 aromatic carbocycles. The average Bonchev–Trinajstić information content (AvgIpc) is 2.83. The molecule has 1 aromatic rings. The summed E-state index contributed by atoms with van der Waals surface area (Å²) in [4.78, 5) is 30.7. The number of aliphatic hydroxyl groups is 1. The van der Waals surface area contributed by atoms with Crippen LogP contribution in [0, 0.1) is 11.8 Å². The largest absolute Gasteiger partial charge is 0.477 e. The monoisotopic (exact) mass is 320 g/mol. The molecule has 0 aliphatic carbocycles. The van der Waals surface area contributed by atoms with Crippen LogP contribution in [-0.4, -0.2) is 44.6 Å². The molecule has 6 nitrogen and oxygen atoms in total. The van der Waals surface area contributed by atoms with Crippen molar-refractivity contribution in [2.45, 2.75) is 24.3 Å². The summed E-state index contributed by atoms with van der Waals surface area (Å²) in [6.45, 7) is 1.74. The highest BCUT2D eigenvalue weighted by molar-refractivity contribution is 8.03. The van der Waals surface area contributed by atoms with Crippen LogP contribution in [0.1, 0.15) is 13.3 Å². The SMILES string of the molecule is CC(CO)[C@@H]1C(=O)N2C(C(=O)O)=C(Sc3ccncc3)C[C@H]12. The van der Waals surface area contributed by atoms with Gasteiger partial charge >= 0.3 is 5.97 Å². The summed E-state index contributed by atoms with van der Waals surface area (Å²) in [5, 5.41) is 18.7. The topological polar surface area (TPSA) is 90.7 Å². The molecule has 3 rings (SSSR count). The third kappa shape index (κ3) is 2.30. The number of amides is 1. The predicted molar refractivity (Wildman–Crippen MR) is 79.7 cm³/mol. The van der Waals surface area contributed by atoms with Gasteiger partial charge in [0, 0.05) is 35.2 Å². The number of nitrogens with zero attached hydrogens (tertiary/aromatic N) is 2. The highest BCUT2D eigenvalue weighted by atomic mass is 32.2. The number of pyridine rings is 1. The van der Waals surface area contributed by atoms with E-state index in [2.05, 4.69) is 4.98 Å². The molecule has 1 fully saturated rings. The lowest BCUT2D eigenvalue weighted by Crippen LogP contribution is -2.60. The lowest BCUT2D eigenvalue weighted by molar-refractivity contribution is -0.159. The molecule has 2 aliphatic heterocycles. The quantitative estimate of drug-likeness (QED) is 0.795. The van der Waals surface area contributed by atoms with Crippen molar-refractivity contribution in [3.05, 3.63) is 35.1 Å². The van der Waals surface area contributed by atoms with E-state index in [0.29, 0.717) is 11.3 Å². The van der Waals surface area contributed by atoms with Gasteiger partial charge in [0.2, 0.25) is 5.91 Å². The number of aromatic nitrogens is 1. The van der Waals surface area contributed by atoms with Crippen LogP contribution in [0.5, 0.6) is 0 Å². The highest BCUT2D eigenvalue weighted by Gasteiger charge is 2.56. The van der Waals surface area contributed by atoms with Crippen molar-refractivity contribution in [3.63, 3.8) is 0 Å². The molecule has 1 unspecified atom stereocenters. The van der Waals surface area contributed by atoms with Crippen molar-refractivity contribution in [2.75, 3.05) is 6.61 Å². The van der Waals surface area contributed by atoms with E-state index in [1.165, 1.54) is 16.7 Å². The second-order valence-electron chi connectivity index (χ2n) is 5.53. The van der Waals surface area contributed by atoms with E-state index in [1.807, 2.05) is 19.1 Å². The Bertz CT molecular complexity index is 646. The predicted octanol–water partition coefficient (Wildman–Crippen LogP) is 1.33. The van der Waals surface area contributed by atoms with Gasteiger partial charge in [-0.2, -0.15) is 0 Å². The minimum absolute atomic E-state index is 0.0734. The highest BCUT2D eigenvalue weighted by Crippen LogP contribution is 2.49. The fraction of sp³-hybridized carbons (Fsp3) is 0.400. The number of carboxylic acids is 1. The maximum absolute atomic E-state index is 12.3. The third-order valence-electron chi connectivity index (χ3n) is 4.16. The lowest BCUT2D eigenvalue weighted by Gasteiger charge is -2.45.